The molecule has 0 radical (unpaired) electrons. The molecule has 0 heterocycles. The third kappa shape index (κ3) is 3.95. The highest BCUT2D eigenvalue weighted by atomic mass is 19.1. The molecule has 20 heavy (non-hydrogen) atoms. The van der Waals surface area contributed by atoms with Crippen molar-refractivity contribution in [3.05, 3.63) is 59.7 Å². The largest absolute Gasteiger partial charge is 0.497 e. The number of hydrogen-bond acceptors (Lipinski definition) is 2. The van der Waals surface area contributed by atoms with E-state index >= 15 is 0 Å². The standard InChI is InChI=1S/C16H17F2NO/c1-11(7-12-3-5-16(20-2)6-4-12)19-15-9-13(17)8-14(18)10-15/h3-6,8-11,19H,7H2,1-2H3. The predicted molar refractivity (Wildman–Crippen MR) is 76.1 cm³/mol. The van der Waals surface area contributed by atoms with Gasteiger partial charge in [0.1, 0.15) is 17.4 Å². The quantitative estimate of drug-likeness (QED) is 0.891. The number of rotatable bonds is 5. The van der Waals surface area contributed by atoms with Crippen molar-refractivity contribution in [1.29, 1.82) is 0 Å². The highest BCUT2D eigenvalue weighted by molar-refractivity contribution is 5.44. The van der Waals surface area contributed by atoms with Crippen LogP contribution in [0.2, 0.25) is 0 Å². The van der Waals surface area contributed by atoms with E-state index in [9.17, 15) is 8.78 Å². The van der Waals surface area contributed by atoms with Crippen LogP contribution in [0.1, 0.15) is 12.5 Å². The number of hydrogen-bond donors (Lipinski definition) is 1. The zero-order chi connectivity index (χ0) is 14.5. The van der Waals surface area contributed by atoms with Crippen LogP contribution in [0.25, 0.3) is 0 Å². The highest BCUT2D eigenvalue weighted by Gasteiger charge is 2.06. The highest BCUT2D eigenvalue weighted by Crippen LogP contribution is 2.17. The average Bonchev–Trinajstić information content (AvgIpc) is 2.38. The number of methoxy groups -OCH3 is 1. The molecule has 0 amide bonds. The zero-order valence-electron chi connectivity index (χ0n) is 11.5. The normalized spacial score (nSPS) is 12.0. The average molecular weight is 277 g/mol. The molecule has 0 aliphatic carbocycles. The Hall–Kier alpha value is -2.10. The summed E-state index contributed by atoms with van der Waals surface area (Å²) in [6.45, 7) is 1.97. The molecule has 2 nitrogen and oxygen atoms in total. The maximum atomic E-state index is 13.1. The Morgan fingerprint density at radius 2 is 1.65 bits per heavy atom. The Bertz CT molecular complexity index is 549. The van der Waals surface area contributed by atoms with E-state index in [2.05, 4.69) is 5.32 Å². The van der Waals surface area contributed by atoms with Crippen LogP contribution >= 0.6 is 0 Å². The summed E-state index contributed by atoms with van der Waals surface area (Å²) in [6.07, 6.45) is 0.752. The molecule has 0 spiro atoms. The summed E-state index contributed by atoms with van der Waals surface area (Å²) in [7, 11) is 1.62. The van der Waals surface area contributed by atoms with E-state index in [1.54, 1.807) is 7.11 Å². The maximum Gasteiger partial charge on any atom is 0.128 e. The van der Waals surface area contributed by atoms with Crippen molar-refractivity contribution < 1.29 is 13.5 Å². The van der Waals surface area contributed by atoms with Gasteiger partial charge in [0.15, 0.2) is 0 Å². The molecule has 2 aromatic carbocycles. The Kier molecular flexibility index (Phi) is 4.56. The summed E-state index contributed by atoms with van der Waals surface area (Å²) in [6, 6.07) is 11.2. The number of ether oxygens (including phenoxy) is 1. The maximum absolute atomic E-state index is 13.1. The van der Waals surface area contributed by atoms with Crippen molar-refractivity contribution in [3.63, 3.8) is 0 Å². The van der Waals surface area contributed by atoms with Crippen LogP contribution in [-0.4, -0.2) is 13.2 Å². The van der Waals surface area contributed by atoms with Gasteiger partial charge >= 0.3 is 0 Å². The second-order valence-corrected chi connectivity index (χ2v) is 4.76. The number of benzene rings is 2. The van der Waals surface area contributed by atoms with Crippen LogP contribution in [0, 0.1) is 11.6 Å². The van der Waals surface area contributed by atoms with Gasteiger partial charge in [-0.2, -0.15) is 0 Å². The zero-order valence-corrected chi connectivity index (χ0v) is 11.5. The van der Waals surface area contributed by atoms with E-state index in [1.807, 2.05) is 31.2 Å². The molecule has 1 N–H and O–H groups in total. The first-order valence-corrected chi connectivity index (χ1v) is 6.42. The topological polar surface area (TPSA) is 21.3 Å². The minimum absolute atomic E-state index is 0.0598. The molecule has 1 atom stereocenters. The fourth-order valence-corrected chi connectivity index (χ4v) is 2.09. The Morgan fingerprint density at radius 3 is 2.20 bits per heavy atom. The van der Waals surface area contributed by atoms with Crippen molar-refractivity contribution in [2.24, 2.45) is 0 Å². The van der Waals surface area contributed by atoms with E-state index in [4.69, 9.17) is 4.74 Å². The lowest BCUT2D eigenvalue weighted by molar-refractivity contribution is 0.414. The first kappa shape index (κ1) is 14.3. The molecule has 106 valence electrons. The first-order chi connectivity index (χ1) is 9.56. The summed E-state index contributed by atoms with van der Waals surface area (Å²) in [5.74, 6) is -0.352. The number of nitrogens with one attached hydrogen (secondary N) is 1. The smallest absolute Gasteiger partial charge is 0.128 e. The fourth-order valence-electron chi connectivity index (χ4n) is 2.09. The van der Waals surface area contributed by atoms with Gasteiger partial charge in [-0.15, -0.1) is 0 Å². The van der Waals surface area contributed by atoms with Crippen molar-refractivity contribution >= 4 is 5.69 Å². The van der Waals surface area contributed by atoms with E-state index in [0.29, 0.717) is 5.69 Å². The second kappa shape index (κ2) is 6.37. The Labute approximate surface area is 117 Å². The molecule has 0 fully saturated rings. The second-order valence-electron chi connectivity index (χ2n) is 4.76. The Balaban J connectivity index is 1.98. The van der Waals surface area contributed by atoms with Crippen molar-refractivity contribution in [3.8, 4) is 5.75 Å². The van der Waals surface area contributed by atoms with Crippen LogP contribution in [0.3, 0.4) is 0 Å². The van der Waals surface area contributed by atoms with E-state index in [0.717, 1.165) is 23.8 Å². The molecule has 0 bridgehead atoms. The molecular formula is C16H17F2NO. The van der Waals surface area contributed by atoms with Crippen molar-refractivity contribution in [1.82, 2.24) is 0 Å². The molecule has 2 aromatic rings. The van der Waals surface area contributed by atoms with Crippen LogP contribution in [0.5, 0.6) is 5.75 Å². The molecule has 4 heteroatoms. The molecule has 0 aliphatic heterocycles. The molecule has 2 rings (SSSR count). The molecule has 0 saturated heterocycles. The summed E-state index contributed by atoms with van der Waals surface area (Å²) >= 11 is 0. The molecule has 0 aromatic heterocycles. The van der Waals surface area contributed by atoms with Crippen molar-refractivity contribution in [2.75, 3.05) is 12.4 Å². The molecule has 0 saturated carbocycles. The minimum Gasteiger partial charge on any atom is -0.497 e. The van der Waals surface area contributed by atoms with Gasteiger partial charge in [0.05, 0.1) is 7.11 Å². The predicted octanol–water partition coefficient (Wildman–Crippen LogP) is 4.02. The lowest BCUT2D eigenvalue weighted by atomic mass is 10.1. The van der Waals surface area contributed by atoms with Crippen molar-refractivity contribution in [2.45, 2.75) is 19.4 Å². The first-order valence-electron chi connectivity index (χ1n) is 6.42. The number of halogens is 2. The van der Waals surface area contributed by atoms with Gasteiger partial charge in [0, 0.05) is 17.8 Å². The van der Waals surface area contributed by atoms with Gasteiger partial charge < -0.3 is 10.1 Å². The van der Waals surface area contributed by atoms with Gasteiger partial charge in [0.2, 0.25) is 0 Å². The van der Waals surface area contributed by atoms with Gasteiger partial charge in [0.25, 0.3) is 0 Å². The summed E-state index contributed by atoms with van der Waals surface area (Å²) in [5, 5.41) is 3.09. The van der Waals surface area contributed by atoms with Gasteiger partial charge in [-0.3, -0.25) is 0 Å². The van der Waals surface area contributed by atoms with Gasteiger partial charge in [-0.25, -0.2) is 8.78 Å². The summed E-state index contributed by atoms with van der Waals surface area (Å²) < 4.78 is 31.3. The van der Waals surface area contributed by atoms with Crippen LogP contribution in [0.15, 0.2) is 42.5 Å². The lowest BCUT2D eigenvalue weighted by Crippen LogP contribution is -2.18. The minimum atomic E-state index is -0.579. The SMILES string of the molecule is COc1ccc(CC(C)Nc2cc(F)cc(F)c2)cc1. The van der Waals surface area contributed by atoms with E-state index in [1.165, 1.54) is 12.1 Å². The molecular weight excluding hydrogens is 260 g/mol. The lowest BCUT2D eigenvalue weighted by Gasteiger charge is -2.15. The van der Waals surface area contributed by atoms with E-state index in [-0.39, 0.29) is 6.04 Å². The van der Waals surface area contributed by atoms with Crippen LogP contribution < -0.4 is 10.1 Å². The Morgan fingerprint density at radius 1 is 1.05 bits per heavy atom. The molecule has 1 unspecified atom stereocenters. The van der Waals surface area contributed by atoms with Gasteiger partial charge in [-0.1, -0.05) is 12.1 Å². The summed E-state index contributed by atoms with van der Waals surface area (Å²) in [5.41, 5.74) is 1.58. The van der Waals surface area contributed by atoms with E-state index < -0.39 is 11.6 Å². The summed E-state index contributed by atoms with van der Waals surface area (Å²) in [4.78, 5) is 0. The van der Waals surface area contributed by atoms with Crippen LogP contribution in [-0.2, 0) is 6.42 Å². The third-order valence-electron chi connectivity index (χ3n) is 2.98. The van der Waals surface area contributed by atoms with Crippen LogP contribution in [0.4, 0.5) is 14.5 Å². The number of anilines is 1. The molecule has 0 aliphatic rings. The monoisotopic (exact) mass is 277 g/mol. The van der Waals surface area contributed by atoms with Gasteiger partial charge in [-0.05, 0) is 43.2 Å². The fraction of sp³-hybridized carbons (Fsp3) is 0.250. The third-order valence-corrected chi connectivity index (χ3v) is 2.98.